The monoisotopic (exact) mass is 625 g/mol. The minimum Gasteiger partial charge on any atom is -0.301 e. The van der Waals surface area contributed by atoms with Gasteiger partial charge in [-0.1, -0.05) is 12.5 Å². The summed E-state index contributed by atoms with van der Waals surface area (Å²) in [5.41, 5.74) is -0.803. The van der Waals surface area contributed by atoms with Crippen LogP contribution in [0.5, 0.6) is 0 Å². The fourth-order valence-electron chi connectivity index (χ4n) is 5.59. The van der Waals surface area contributed by atoms with Crippen molar-refractivity contribution < 1.29 is 31.2 Å². The first-order valence-corrected chi connectivity index (χ1v) is 15.6. The van der Waals surface area contributed by atoms with Crippen LogP contribution >= 0.6 is 0 Å². The second-order valence-electron chi connectivity index (χ2n) is 10.8. The highest BCUT2D eigenvalue weighted by Gasteiger charge is 2.39. The van der Waals surface area contributed by atoms with Gasteiger partial charge in [0, 0.05) is 48.9 Å². The van der Waals surface area contributed by atoms with Crippen LogP contribution in [0.2, 0.25) is 0 Å². The number of aromatic nitrogens is 1. The van der Waals surface area contributed by atoms with Gasteiger partial charge in [-0.2, -0.15) is 22.7 Å². The molecule has 0 saturated carbocycles. The smallest absolute Gasteiger partial charge is 0.301 e. The van der Waals surface area contributed by atoms with E-state index in [4.69, 9.17) is 5.26 Å². The molecule has 1 saturated heterocycles. The number of fused-ring (bicyclic) bond motifs is 1. The molecule has 44 heavy (non-hydrogen) atoms. The number of hydrogen-bond acceptors (Lipinski definition) is 7. The lowest BCUT2D eigenvalue weighted by molar-refractivity contribution is -0.138. The Morgan fingerprint density at radius 3 is 2.41 bits per heavy atom. The van der Waals surface area contributed by atoms with Crippen molar-refractivity contribution in [2.75, 3.05) is 37.6 Å². The molecule has 3 heterocycles. The number of imide groups is 1. The van der Waals surface area contributed by atoms with Crippen molar-refractivity contribution in [2.24, 2.45) is 0 Å². The Labute approximate surface area is 253 Å². The number of benzene rings is 2. The molecule has 5 rings (SSSR count). The maximum absolute atomic E-state index is 13.4. The van der Waals surface area contributed by atoms with Gasteiger partial charge < -0.3 is 4.90 Å². The van der Waals surface area contributed by atoms with Crippen LogP contribution in [-0.4, -0.2) is 67.1 Å². The topological polar surface area (TPSA) is 115 Å². The number of amides is 2. The molecule has 3 aromatic rings. The van der Waals surface area contributed by atoms with Crippen molar-refractivity contribution in [2.45, 2.75) is 43.7 Å². The van der Waals surface area contributed by atoms with Gasteiger partial charge in [0.2, 0.25) is 10.0 Å². The first-order valence-electron chi connectivity index (χ1n) is 14.2. The molecular formula is C31H30F3N5O4S. The van der Waals surface area contributed by atoms with Crippen LogP contribution in [0.25, 0.3) is 10.9 Å². The van der Waals surface area contributed by atoms with Crippen molar-refractivity contribution in [1.29, 1.82) is 5.26 Å². The summed E-state index contributed by atoms with van der Waals surface area (Å²) >= 11 is 0. The van der Waals surface area contributed by atoms with E-state index in [1.807, 2.05) is 6.07 Å². The molecule has 0 atom stereocenters. The minimum absolute atomic E-state index is 0.202. The molecule has 1 aromatic heterocycles. The third kappa shape index (κ3) is 6.24. The van der Waals surface area contributed by atoms with E-state index >= 15 is 0 Å². The number of nitriles is 1. The van der Waals surface area contributed by atoms with E-state index in [0.29, 0.717) is 45.1 Å². The predicted octanol–water partition coefficient (Wildman–Crippen LogP) is 4.88. The lowest BCUT2D eigenvalue weighted by Gasteiger charge is -2.34. The van der Waals surface area contributed by atoms with E-state index in [1.165, 1.54) is 23.4 Å². The zero-order chi connectivity index (χ0) is 31.6. The Kier molecular flexibility index (Phi) is 8.88. The average molecular weight is 626 g/mol. The molecule has 0 spiro atoms. The molecule has 0 N–H and O–H groups in total. The van der Waals surface area contributed by atoms with Crippen LogP contribution in [0.15, 0.2) is 70.8 Å². The number of piperazine rings is 1. The maximum Gasteiger partial charge on any atom is 0.417 e. The quantitative estimate of drug-likeness (QED) is 0.246. The molecule has 0 bridgehead atoms. The van der Waals surface area contributed by atoms with E-state index in [2.05, 4.69) is 9.88 Å². The molecule has 230 valence electrons. The van der Waals surface area contributed by atoms with Gasteiger partial charge in [-0.3, -0.25) is 14.6 Å². The summed E-state index contributed by atoms with van der Waals surface area (Å²) in [6.45, 7) is 4.16. The highest BCUT2D eigenvalue weighted by atomic mass is 32.2. The normalized spacial score (nSPS) is 17.1. The zero-order valence-corrected chi connectivity index (χ0v) is 24.8. The third-order valence-corrected chi connectivity index (χ3v) is 9.96. The van der Waals surface area contributed by atoms with Crippen LogP contribution in [0.1, 0.15) is 43.7 Å². The zero-order valence-electron chi connectivity index (χ0n) is 24.0. The second-order valence-corrected chi connectivity index (χ2v) is 12.7. The molecule has 2 aliphatic heterocycles. The lowest BCUT2D eigenvalue weighted by atomic mass is 10.0. The van der Waals surface area contributed by atoms with Crippen LogP contribution in [-0.2, 0) is 25.8 Å². The van der Waals surface area contributed by atoms with E-state index in [0.717, 1.165) is 41.3 Å². The fourth-order valence-corrected chi connectivity index (χ4v) is 7.05. The van der Waals surface area contributed by atoms with E-state index in [-0.39, 0.29) is 21.7 Å². The maximum atomic E-state index is 13.4. The Morgan fingerprint density at radius 1 is 0.955 bits per heavy atom. The van der Waals surface area contributed by atoms with Gasteiger partial charge in [0.05, 0.1) is 33.3 Å². The number of alkyl halides is 3. The second kappa shape index (κ2) is 12.5. The van der Waals surface area contributed by atoms with Gasteiger partial charge in [-0.05, 0) is 75.2 Å². The van der Waals surface area contributed by atoms with Gasteiger partial charge in [0.15, 0.2) is 0 Å². The van der Waals surface area contributed by atoms with E-state index in [9.17, 15) is 31.2 Å². The number of sulfonamides is 1. The minimum atomic E-state index is -4.81. The van der Waals surface area contributed by atoms with Gasteiger partial charge in [-0.15, -0.1) is 0 Å². The van der Waals surface area contributed by atoms with Crippen LogP contribution in [0, 0.1) is 11.3 Å². The summed E-state index contributed by atoms with van der Waals surface area (Å²) in [6.07, 6.45) is -0.693. The Balaban J connectivity index is 1.10. The van der Waals surface area contributed by atoms with Crippen molar-refractivity contribution >= 4 is 38.4 Å². The number of rotatable bonds is 9. The third-order valence-electron chi connectivity index (χ3n) is 8.07. The van der Waals surface area contributed by atoms with Gasteiger partial charge in [0.25, 0.3) is 11.8 Å². The largest absolute Gasteiger partial charge is 0.417 e. The molecule has 13 heteroatoms. The van der Waals surface area contributed by atoms with Gasteiger partial charge in [-0.25, -0.2) is 13.3 Å². The Bertz CT molecular complexity index is 1790. The number of pyridine rings is 1. The van der Waals surface area contributed by atoms with Crippen LogP contribution in [0.3, 0.4) is 0 Å². The first-order chi connectivity index (χ1) is 20.9. The standard InChI is InChI=1S/C31H30F3N5O4S/c1-21-26(30(41)39(29(21)40)24-9-8-23(20-35)27(19-24)31(32,33)34)7-3-2-4-13-37-14-16-38(17-15-37)44(42,43)25-10-11-28-22(18-25)6-5-12-36-28/h5-6,8-12,18-19H,2-4,7,13-17H2,1H3. The van der Waals surface area contributed by atoms with Gasteiger partial charge >= 0.3 is 6.18 Å². The summed E-state index contributed by atoms with van der Waals surface area (Å²) < 4.78 is 68.2. The summed E-state index contributed by atoms with van der Waals surface area (Å²) in [5, 5.41) is 9.79. The van der Waals surface area contributed by atoms with Gasteiger partial charge in [0.1, 0.15) is 0 Å². The SMILES string of the molecule is CC1=C(CCCCCN2CCN(S(=O)(=O)c3ccc4ncccc4c3)CC2)C(=O)N(c2ccc(C#N)c(C(F)(F)F)c2)C1=O. The lowest BCUT2D eigenvalue weighted by Crippen LogP contribution is -2.48. The predicted molar refractivity (Wildman–Crippen MR) is 157 cm³/mol. The molecule has 0 unspecified atom stereocenters. The highest BCUT2D eigenvalue weighted by Crippen LogP contribution is 2.37. The van der Waals surface area contributed by atoms with Crippen LogP contribution < -0.4 is 4.90 Å². The molecule has 0 aliphatic carbocycles. The number of unbranched alkanes of at least 4 members (excludes halogenated alkanes) is 2. The molecule has 1 fully saturated rings. The molecule has 0 radical (unpaired) electrons. The summed E-state index contributed by atoms with van der Waals surface area (Å²) in [4.78, 5) is 33.3. The highest BCUT2D eigenvalue weighted by molar-refractivity contribution is 7.89. The molecule has 9 nitrogen and oxygen atoms in total. The number of hydrogen-bond donors (Lipinski definition) is 0. The number of nitrogens with zero attached hydrogens (tertiary/aromatic N) is 5. The number of halogens is 3. The van der Waals surface area contributed by atoms with Crippen molar-refractivity contribution in [3.8, 4) is 6.07 Å². The van der Waals surface area contributed by atoms with Crippen molar-refractivity contribution in [1.82, 2.24) is 14.2 Å². The summed E-state index contributed by atoms with van der Waals surface area (Å²) in [5.74, 6) is -1.32. The summed E-state index contributed by atoms with van der Waals surface area (Å²) in [6, 6.07) is 12.8. The van der Waals surface area contributed by atoms with Crippen LogP contribution in [0.4, 0.5) is 18.9 Å². The molecular weight excluding hydrogens is 595 g/mol. The summed E-state index contributed by atoms with van der Waals surface area (Å²) in [7, 11) is -3.63. The van der Waals surface area contributed by atoms with E-state index < -0.39 is 39.1 Å². The Hall–Kier alpha value is -4.12. The van der Waals surface area contributed by atoms with Crippen molar-refractivity contribution in [3.05, 3.63) is 77.0 Å². The molecule has 2 aliphatic rings. The van der Waals surface area contributed by atoms with E-state index in [1.54, 1.807) is 30.5 Å². The fraction of sp³-hybridized carbons (Fsp3) is 0.355. The molecule has 2 aromatic carbocycles. The first kappa shape index (κ1) is 31.3. The number of carbonyl (C=O) groups excluding carboxylic acids is 2. The Morgan fingerprint density at radius 2 is 1.70 bits per heavy atom. The average Bonchev–Trinajstić information content (AvgIpc) is 3.22. The number of anilines is 1. The van der Waals surface area contributed by atoms with Crippen molar-refractivity contribution in [3.63, 3.8) is 0 Å². The number of carbonyl (C=O) groups is 2. The molecule has 2 amide bonds.